The normalized spacial score (nSPS) is 13.5. The zero-order valence-corrected chi connectivity index (χ0v) is 17.1. The molecule has 0 spiro atoms. The first-order valence-corrected chi connectivity index (χ1v) is 9.63. The maximum absolute atomic E-state index is 13.0. The number of carbonyl (C=O) groups is 4. The van der Waals surface area contributed by atoms with Crippen molar-refractivity contribution in [2.24, 2.45) is 0 Å². The molecule has 2 aromatic carbocycles. The molecule has 0 saturated carbocycles. The van der Waals surface area contributed by atoms with Crippen molar-refractivity contribution in [3.8, 4) is 11.5 Å². The van der Waals surface area contributed by atoms with Crippen LogP contribution in [0.5, 0.6) is 11.5 Å². The van der Waals surface area contributed by atoms with Crippen LogP contribution in [0.2, 0.25) is 0 Å². The number of rotatable bonds is 9. The number of carboxylic acids is 1. The first-order chi connectivity index (χ1) is 14.9. The van der Waals surface area contributed by atoms with E-state index in [1.165, 1.54) is 7.11 Å². The van der Waals surface area contributed by atoms with Crippen molar-refractivity contribution in [3.63, 3.8) is 0 Å². The first kappa shape index (κ1) is 21.8. The molecule has 1 unspecified atom stereocenters. The van der Waals surface area contributed by atoms with Gasteiger partial charge in [0.15, 0.2) is 11.5 Å². The molecule has 3 amide bonds. The molecule has 1 aliphatic rings. The number of benzene rings is 2. The molecule has 0 fully saturated rings. The van der Waals surface area contributed by atoms with Crippen molar-refractivity contribution in [1.82, 2.24) is 10.2 Å². The number of hydrogen-bond acceptors (Lipinski definition) is 6. The Morgan fingerprint density at radius 3 is 2.26 bits per heavy atom. The Morgan fingerprint density at radius 1 is 1.06 bits per heavy atom. The predicted octanol–water partition coefficient (Wildman–Crippen LogP) is 2.02. The molecule has 0 saturated heterocycles. The lowest BCUT2D eigenvalue weighted by Crippen LogP contribution is -2.38. The summed E-state index contributed by atoms with van der Waals surface area (Å²) in [5.41, 5.74) is 0.980. The summed E-state index contributed by atoms with van der Waals surface area (Å²) in [5.74, 6) is -2.00. The molecule has 1 aliphatic heterocycles. The Balaban J connectivity index is 2.01. The molecule has 31 heavy (non-hydrogen) atoms. The van der Waals surface area contributed by atoms with Crippen molar-refractivity contribution < 1.29 is 33.8 Å². The minimum atomic E-state index is -1.20. The fourth-order valence-electron chi connectivity index (χ4n) is 3.44. The van der Waals surface area contributed by atoms with Crippen molar-refractivity contribution in [2.45, 2.75) is 19.4 Å². The Morgan fingerprint density at radius 2 is 1.71 bits per heavy atom. The highest BCUT2D eigenvalue weighted by atomic mass is 16.5. The van der Waals surface area contributed by atoms with E-state index in [1.807, 2.05) is 0 Å². The van der Waals surface area contributed by atoms with Gasteiger partial charge in [-0.15, -0.1) is 0 Å². The minimum absolute atomic E-state index is 0.252. The summed E-state index contributed by atoms with van der Waals surface area (Å²) in [6, 6.07) is 10.3. The molecule has 0 aliphatic carbocycles. The Hall–Kier alpha value is -3.88. The largest absolute Gasteiger partial charge is 0.493 e. The number of imide groups is 1. The van der Waals surface area contributed by atoms with E-state index in [2.05, 4.69) is 5.32 Å². The van der Waals surface area contributed by atoms with Gasteiger partial charge in [-0.1, -0.05) is 18.2 Å². The summed E-state index contributed by atoms with van der Waals surface area (Å²) >= 11 is 0. The van der Waals surface area contributed by atoms with Crippen LogP contribution in [0.25, 0.3) is 0 Å². The minimum Gasteiger partial charge on any atom is -0.493 e. The number of fused-ring (bicyclic) bond motifs is 1. The van der Waals surface area contributed by atoms with Crippen LogP contribution in [-0.2, 0) is 9.59 Å². The van der Waals surface area contributed by atoms with Crippen LogP contribution < -0.4 is 14.8 Å². The number of amides is 3. The summed E-state index contributed by atoms with van der Waals surface area (Å²) in [7, 11) is 1.48. The molecule has 162 valence electrons. The van der Waals surface area contributed by atoms with Gasteiger partial charge in [-0.2, -0.15) is 0 Å². The highest BCUT2D eigenvalue weighted by Gasteiger charge is 2.41. The van der Waals surface area contributed by atoms with Gasteiger partial charge in [-0.25, -0.2) is 0 Å². The summed E-state index contributed by atoms with van der Waals surface area (Å²) in [6.45, 7) is 1.59. The smallest absolute Gasteiger partial charge is 0.322 e. The molecule has 0 bridgehead atoms. The van der Waals surface area contributed by atoms with Gasteiger partial charge in [0.25, 0.3) is 11.8 Å². The first-order valence-electron chi connectivity index (χ1n) is 9.63. The monoisotopic (exact) mass is 426 g/mol. The van der Waals surface area contributed by atoms with Gasteiger partial charge in [-0.3, -0.25) is 24.1 Å². The maximum atomic E-state index is 13.0. The van der Waals surface area contributed by atoms with E-state index in [1.54, 1.807) is 49.4 Å². The average molecular weight is 426 g/mol. The number of methoxy groups -OCH3 is 1. The molecule has 3 rings (SSSR count). The lowest BCUT2D eigenvalue weighted by Gasteiger charge is -2.27. The molecule has 9 heteroatoms. The number of aliphatic carboxylic acids is 1. The summed E-state index contributed by atoms with van der Waals surface area (Å²) in [4.78, 5) is 50.3. The predicted molar refractivity (Wildman–Crippen MR) is 109 cm³/mol. The highest BCUT2D eigenvalue weighted by molar-refractivity contribution is 6.21. The molecular weight excluding hydrogens is 404 g/mol. The van der Waals surface area contributed by atoms with Gasteiger partial charge in [0, 0.05) is 0 Å². The molecule has 1 heterocycles. The van der Waals surface area contributed by atoms with Crippen molar-refractivity contribution in [2.75, 3.05) is 20.3 Å². The summed E-state index contributed by atoms with van der Waals surface area (Å²) in [6.07, 6.45) is -0.309. The van der Waals surface area contributed by atoms with Crippen LogP contribution in [0.4, 0.5) is 0 Å². The fraction of sp³-hybridized carbons (Fsp3) is 0.273. The third-order valence-electron chi connectivity index (χ3n) is 4.82. The van der Waals surface area contributed by atoms with Gasteiger partial charge >= 0.3 is 5.97 Å². The van der Waals surface area contributed by atoms with E-state index in [9.17, 15) is 19.2 Å². The van der Waals surface area contributed by atoms with Crippen LogP contribution in [0, 0.1) is 0 Å². The number of nitrogens with one attached hydrogen (secondary N) is 1. The van der Waals surface area contributed by atoms with Gasteiger partial charge in [0.05, 0.1) is 37.3 Å². The standard InChI is InChI=1S/C22H22N2O7/c1-3-31-18-10-13(8-9-17(18)30-2)16(11-19(25)23-12-20(26)27)24-21(28)14-6-4-5-7-15(14)22(24)29/h4-10,16H,3,11-12H2,1-2H3,(H,23,25)(H,26,27). The van der Waals surface area contributed by atoms with E-state index in [0.717, 1.165) is 4.90 Å². The van der Waals surface area contributed by atoms with Crippen LogP contribution in [-0.4, -0.2) is 54.0 Å². The lowest BCUT2D eigenvalue weighted by atomic mass is 10.0. The molecule has 1 atom stereocenters. The Labute approximate surface area is 178 Å². The maximum Gasteiger partial charge on any atom is 0.322 e. The van der Waals surface area contributed by atoms with Crippen LogP contribution in [0.1, 0.15) is 45.7 Å². The third-order valence-corrected chi connectivity index (χ3v) is 4.82. The van der Waals surface area contributed by atoms with E-state index in [0.29, 0.717) is 23.7 Å². The zero-order valence-electron chi connectivity index (χ0n) is 17.1. The van der Waals surface area contributed by atoms with Crippen LogP contribution >= 0.6 is 0 Å². The lowest BCUT2D eigenvalue weighted by molar-refractivity contribution is -0.138. The number of hydrogen-bond donors (Lipinski definition) is 2. The zero-order chi connectivity index (χ0) is 22.5. The van der Waals surface area contributed by atoms with Gasteiger partial charge in [0.2, 0.25) is 5.91 Å². The number of ether oxygens (including phenoxy) is 2. The molecule has 2 aromatic rings. The fourth-order valence-corrected chi connectivity index (χ4v) is 3.44. The van der Waals surface area contributed by atoms with E-state index in [-0.39, 0.29) is 17.5 Å². The SMILES string of the molecule is CCOc1cc(C(CC(=O)NCC(=O)O)N2C(=O)c3ccccc3C2=O)ccc1OC. The van der Waals surface area contributed by atoms with Gasteiger partial charge in [0.1, 0.15) is 6.54 Å². The molecule has 0 aromatic heterocycles. The number of carboxylic acid groups (broad SMARTS) is 1. The van der Waals surface area contributed by atoms with Gasteiger partial charge < -0.3 is 19.9 Å². The molecule has 2 N–H and O–H groups in total. The van der Waals surface area contributed by atoms with Crippen molar-refractivity contribution in [3.05, 3.63) is 59.2 Å². The number of carbonyl (C=O) groups excluding carboxylic acids is 3. The quantitative estimate of drug-likeness (QED) is 0.588. The average Bonchev–Trinajstić information content (AvgIpc) is 3.01. The Kier molecular flexibility index (Phi) is 6.54. The summed E-state index contributed by atoms with van der Waals surface area (Å²) in [5, 5.41) is 11.1. The van der Waals surface area contributed by atoms with Crippen molar-refractivity contribution in [1.29, 1.82) is 0 Å². The van der Waals surface area contributed by atoms with E-state index < -0.39 is 36.3 Å². The van der Waals surface area contributed by atoms with Gasteiger partial charge in [-0.05, 0) is 36.8 Å². The van der Waals surface area contributed by atoms with Crippen LogP contribution in [0.15, 0.2) is 42.5 Å². The molecular formula is C22H22N2O7. The molecule has 0 radical (unpaired) electrons. The van der Waals surface area contributed by atoms with Crippen LogP contribution in [0.3, 0.4) is 0 Å². The summed E-state index contributed by atoms with van der Waals surface area (Å²) < 4.78 is 10.9. The molecule has 9 nitrogen and oxygen atoms in total. The second kappa shape index (κ2) is 9.29. The second-order valence-corrected chi connectivity index (χ2v) is 6.76. The Bertz CT molecular complexity index is 999. The second-order valence-electron chi connectivity index (χ2n) is 6.76. The van der Waals surface area contributed by atoms with E-state index >= 15 is 0 Å². The van der Waals surface area contributed by atoms with Crippen molar-refractivity contribution >= 4 is 23.7 Å². The topological polar surface area (TPSA) is 122 Å². The highest BCUT2D eigenvalue weighted by Crippen LogP contribution is 2.37. The number of nitrogens with zero attached hydrogens (tertiary/aromatic N) is 1. The van der Waals surface area contributed by atoms with E-state index in [4.69, 9.17) is 14.6 Å². The third kappa shape index (κ3) is 4.50.